The molecule has 0 bridgehead atoms. The van der Waals surface area contributed by atoms with Crippen molar-refractivity contribution in [3.8, 4) is 5.69 Å². The molecule has 1 aliphatic carbocycles. The first kappa shape index (κ1) is 23.7. The molecule has 33 heavy (non-hydrogen) atoms. The van der Waals surface area contributed by atoms with Gasteiger partial charge in [-0.15, -0.1) is 0 Å². The standard InChI is InChI=1S/C26H38FN5O/c1-4-13-31(26(33)21-9-6-5-7-10-21)19-24-20(2)28-32(23-12-8-11-22(27)18-23)25(24)30-16-14-29(3)15-17-30/h8,11-12,18,21H,4-7,9-10,13-17,19H2,1-3H3. The number of carbonyl (C=O) groups excluding carboxylic acids is 1. The number of anilines is 1. The molecule has 2 aliphatic rings. The van der Waals surface area contributed by atoms with Gasteiger partial charge in [-0.1, -0.05) is 32.3 Å². The van der Waals surface area contributed by atoms with Crippen molar-refractivity contribution in [2.45, 2.75) is 58.9 Å². The van der Waals surface area contributed by atoms with Crippen molar-refractivity contribution in [1.82, 2.24) is 19.6 Å². The quantitative estimate of drug-likeness (QED) is 0.621. The smallest absolute Gasteiger partial charge is 0.225 e. The Kier molecular flexibility index (Phi) is 7.68. The molecule has 1 aliphatic heterocycles. The molecule has 4 rings (SSSR count). The van der Waals surface area contributed by atoms with Crippen molar-refractivity contribution < 1.29 is 9.18 Å². The third kappa shape index (κ3) is 5.40. The van der Waals surface area contributed by atoms with Gasteiger partial charge in [-0.25, -0.2) is 9.07 Å². The molecule has 0 spiro atoms. The molecule has 1 saturated carbocycles. The van der Waals surface area contributed by atoms with Crippen LogP contribution < -0.4 is 4.90 Å². The number of hydrogen-bond donors (Lipinski definition) is 0. The Morgan fingerprint density at radius 3 is 2.55 bits per heavy atom. The molecule has 7 heteroatoms. The summed E-state index contributed by atoms with van der Waals surface area (Å²) in [5, 5.41) is 4.86. The lowest BCUT2D eigenvalue weighted by Gasteiger charge is -2.35. The van der Waals surface area contributed by atoms with E-state index in [2.05, 4.69) is 28.7 Å². The van der Waals surface area contributed by atoms with Gasteiger partial charge in [-0.3, -0.25) is 4.79 Å². The molecule has 1 aromatic heterocycles. The van der Waals surface area contributed by atoms with Crippen LogP contribution in [0.2, 0.25) is 0 Å². The highest BCUT2D eigenvalue weighted by Crippen LogP contribution is 2.32. The molecule has 0 unspecified atom stereocenters. The van der Waals surface area contributed by atoms with E-state index in [9.17, 15) is 9.18 Å². The highest BCUT2D eigenvalue weighted by Gasteiger charge is 2.30. The van der Waals surface area contributed by atoms with Crippen molar-refractivity contribution in [2.24, 2.45) is 5.92 Å². The zero-order valence-corrected chi connectivity index (χ0v) is 20.4. The summed E-state index contributed by atoms with van der Waals surface area (Å²) >= 11 is 0. The zero-order valence-electron chi connectivity index (χ0n) is 20.4. The van der Waals surface area contributed by atoms with E-state index in [0.717, 1.165) is 87.6 Å². The molecule has 0 atom stereocenters. The Morgan fingerprint density at radius 1 is 1.15 bits per heavy atom. The predicted molar refractivity (Wildman–Crippen MR) is 130 cm³/mol. The van der Waals surface area contributed by atoms with Gasteiger partial charge in [0, 0.05) is 44.2 Å². The lowest BCUT2D eigenvalue weighted by Crippen LogP contribution is -2.46. The fraction of sp³-hybridized carbons (Fsp3) is 0.615. The summed E-state index contributed by atoms with van der Waals surface area (Å²) in [6.07, 6.45) is 6.49. The van der Waals surface area contributed by atoms with Crippen LogP contribution in [-0.2, 0) is 11.3 Å². The van der Waals surface area contributed by atoms with Crippen LogP contribution in [0.3, 0.4) is 0 Å². The molecule has 180 valence electrons. The molecule has 0 radical (unpaired) electrons. The van der Waals surface area contributed by atoms with E-state index in [1.165, 1.54) is 18.6 Å². The number of likely N-dealkylation sites (N-methyl/N-ethyl adjacent to an activating group) is 1. The van der Waals surface area contributed by atoms with Crippen LogP contribution in [0.1, 0.15) is 56.7 Å². The van der Waals surface area contributed by atoms with Gasteiger partial charge in [0.05, 0.1) is 17.9 Å². The molecule has 2 heterocycles. The van der Waals surface area contributed by atoms with Crippen LogP contribution in [0.5, 0.6) is 0 Å². The topological polar surface area (TPSA) is 44.6 Å². The Balaban J connectivity index is 1.70. The first-order valence-corrected chi connectivity index (χ1v) is 12.5. The average molecular weight is 456 g/mol. The van der Waals surface area contributed by atoms with Crippen LogP contribution in [0.4, 0.5) is 10.2 Å². The molecule has 1 aromatic carbocycles. The maximum absolute atomic E-state index is 14.1. The Hall–Kier alpha value is -2.41. The molecular formula is C26H38FN5O. The summed E-state index contributed by atoms with van der Waals surface area (Å²) in [5.74, 6) is 1.17. The Labute approximate surface area is 197 Å². The third-order valence-corrected chi connectivity index (χ3v) is 7.12. The predicted octanol–water partition coefficient (Wildman–Crippen LogP) is 4.39. The van der Waals surface area contributed by atoms with Crippen LogP contribution in [-0.4, -0.2) is 65.3 Å². The second-order valence-corrected chi connectivity index (χ2v) is 9.66. The summed E-state index contributed by atoms with van der Waals surface area (Å²) in [4.78, 5) is 20.2. The lowest BCUT2D eigenvalue weighted by atomic mass is 9.88. The van der Waals surface area contributed by atoms with Gasteiger partial charge in [0.2, 0.25) is 5.91 Å². The van der Waals surface area contributed by atoms with Crippen LogP contribution >= 0.6 is 0 Å². The number of nitrogens with zero attached hydrogens (tertiary/aromatic N) is 5. The van der Waals surface area contributed by atoms with E-state index >= 15 is 0 Å². The molecule has 6 nitrogen and oxygen atoms in total. The fourth-order valence-corrected chi connectivity index (χ4v) is 5.20. The highest BCUT2D eigenvalue weighted by molar-refractivity contribution is 5.79. The normalized spacial score (nSPS) is 18.0. The molecule has 2 fully saturated rings. The molecule has 2 aromatic rings. The van der Waals surface area contributed by atoms with Gasteiger partial charge in [-0.2, -0.15) is 5.10 Å². The van der Waals surface area contributed by atoms with Crippen molar-refractivity contribution in [3.05, 3.63) is 41.3 Å². The van der Waals surface area contributed by atoms with Gasteiger partial charge in [-0.05, 0) is 51.4 Å². The third-order valence-electron chi connectivity index (χ3n) is 7.12. The van der Waals surface area contributed by atoms with Gasteiger partial charge in [0.25, 0.3) is 0 Å². The zero-order chi connectivity index (χ0) is 23.4. The summed E-state index contributed by atoms with van der Waals surface area (Å²) in [6, 6.07) is 6.62. The summed E-state index contributed by atoms with van der Waals surface area (Å²) < 4.78 is 16.0. The number of hydrogen-bond acceptors (Lipinski definition) is 4. The molecule has 1 saturated heterocycles. The number of rotatable bonds is 7. The maximum Gasteiger partial charge on any atom is 0.225 e. The van der Waals surface area contributed by atoms with E-state index in [1.54, 1.807) is 6.07 Å². The van der Waals surface area contributed by atoms with E-state index < -0.39 is 0 Å². The highest BCUT2D eigenvalue weighted by atomic mass is 19.1. The Bertz CT molecular complexity index is 944. The van der Waals surface area contributed by atoms with Crippen LogP contribution in [0.25, 0.3) is 5.69 Å². The van der Waals surface area contributed by atoms with Crippen LogP contribution in [0.15, 0.2) is 24.3 Å². The Morgan fingerprint density at radius 2 is 1.88 bits per heavy atom. The van der Waals surface area contributed by atoms with Gasteiger partial charge < -0.3 is 14.7 Å². The first-order chi connectivity index (χ1) is 16.0. The monoisotopic (exact) mass is 455 g/mol. The minimum atomic E-state index is -0.272. The lowest BCUT2D eigenvalue weighted by molar-refractivity contribution is -0.137. The fourth-order valence-electron chi connectivity index (χ4n) is 5.20. The number of aromatic nitrogens is 2. The van der Waals surface area contributed by atoms with Crippen LogP contribution in [0, 0.1) is 18.7 Å². The average Bonchev–Trinajstić information content (AvgIpc) is 3.15. The van der Waals surface area contributed by atoms with E-state index in [1.807, 2.05) is 17.7 Å². The van der Waals surface area contributed by atoms with Crippen molar-refractivity contribution in [2.75, 3.05) is 44.7 Å². The number of piperazine rings is 1. The van der Waals surface area contributed by atoms with Crippen molar-refractivity contribution >= 4 is 11.7 Å². The number of benzene rings is 1. The summed E-state index contributed by atoms with van der Waals surface area (Å²) in [5.41, 5.74) is 2.71. The number of aryl methyl sites for hydroxylation is 1. The second kappa shape index (κ2) is 10.7. The van der Waals surface area contributed by atoms with Gasteiger partial charge in [0.1, 0.15) is 11.6 Å². The van der Waals surface area contributed by atoms with E-state index in [0.29, 0.717) is 12.5 Å². The molecular weight excluding hydrogens is 417 g/mol. The van der Waals surface area contributed by atoms with E-state index in [-0.39, 0.29) is 11.7 Å². The van der Waals surface area contributed by atoms with Gasteiger partial charge >= 0.3 is 0 Å². The first-order valence-electron chi connectivity index (χ1n) is 12.5. The summed E-state index contributed by atoms with van der Waals surface area (Å²) in [6.45, 7) is 9.15. The number of carbonyl (C=O) groups is 1. The number of amides is 1. The minimum absolute atomic E-state index is 0.149. The minimum Gasteiger partial charge on any atom is -0.354 e. The SMILES string of the molecule is CCCN(Cc1c(C)nn(-c2cccc(F)c2)c1N1CCN(C)CC1)C(=O)C1CCCCC1. The largest absolute Gasteiger partial charge is 0.354 e. The van der Waals surface area contributed by atoms with Gasteiger partial charge in [0.15, 0.2) is 0 Å². The summed E-state index contributed by atoms with van der Waals surface area (Å²) in [7, 11) is 2.14. The van der Waals surface area contributed by atoms with Crippen molar-refractivity contribution in [3.63, 3.8) is 0 Å². The number of halogens is 1. The maximum atomic E-state index is 14.1. The molecule has 1 amide bonds. The van der Waals surface area contributed by atoms with E-state index in [4.69, 9.17) is 5.10 Å². The second-order valence-electron chi connectivity index (χ2n) is 9.66. The molecule has 0 N–H and O–H groups in total. The van der Waals surface area contributed by atoms with Crippen molar-refractivity contribution in [1.29, 1.82) is 0 Å².